The van der Waals surface area contributed by atoms with E-state index in [4.69, 9.17) is 9.47 Å². The first-order valence-electron chi connectivity index (χ1n) is 19.3. The summed E-state index contributed by atoms with van der Waals surface area (Å²) >= 11 is 4.24. The van der Waals surface area contributed by atoms with Crippen LogP contribution in [0.5, 0.6) is 23.0 Å². The highest BCUT2D eigenvalue weighted by atomic mass is 128. The second kappa shape index (κ2) is 21.7. The van der Waals surface area contributed by atoms with Crippen LogP contribution in [0.25, 0.3) is 43.1 Å². The number of hydrogen-bond donors (Lipinski definition) is 0. The summed E-state index contributed by atoms with van der Waals surface area (Å²) in [5.74, 6) is 4.01. The average molecular weight is 939 g/mol. The Bertz CT molecular complexity index is 2080. The molecular weight excluding hydrogens is 886 g/mol. The van der Waals surface area contributed by atoms with Gasteiger partial charge in [-0.25, -0.2) is 0 Å². The van der Waals surface area contributed by atoms with Crippen molar-refractivity contribution < 1.29 is 9.47 Å². The van der Waals surface area contributed by atoms with Crippen LogP contribution in [0.3, 0.4) is 0 Å². The molecule has 0 saturated carbocycles. The second-order valence-electron chi connectivity index (χ2n) is 11.6. The zero-order valence-corrected chi connectivity index (χ0v) is 37.2. The molecule has 8 aromatic carbocycles. The largest absolute Gasteiger partial charge is 0.457 e. The highest BCUT2D eigenvalue weighted by molar-refractivity contribution is 15.0. The molecule has 0 atom stereocenters. The van der Waals surface area contributed by atoms with Gasteiger partial charge in [0, 0.05) is 72.0 Å². The maximum absolute atomic E-state index is 6.40. The Morgan fingerprint density at radius 1 is 0.333 bits per heavy atom. The van der Waals surface area contributed by atoms with Crippen molar-refractivity contribution >= 4 is 80.3 Å². The number of ether oxygens (including phenoxy) is 2. The summed E-state index contributed by atoms with van der Waals surface area (Å²) in [6.45, 7) is 16.0. The van der Waals surface area contributed by atoms with Crippen LogP contribution in [0.15, 0.2) is 146 Å². The molecule has 2 heterocycles. The molecule has 0 radical (unpaired) electrons. The molecule has 0 fully saturated rings. The Labute approximate surface area is 346 Å². The van der Waals surface area contributed by atoms with Gasteiger partial charge < -0.3 is 9.47 Å². The molecule has 2 aliphatic heterocycles. The van der Waals surface area contributed by atoms with Crippen molar-refractivity contribution in [3.05, 3.63) is 168 Å². The molecule has 0 saturated heterocycles. The lowest BCUT2D eigenvalue weighted by molar-refractivity contribution is 0.463. The van der Waals surface area contributed by atoms with Crippen molar-refractivity contribution in [1.82, 2.24) is 0 Å². The monoisotopic (exact) mass is 938 g/mol. The van der Waals surface area contributed by atoms with Crippen LogP contribution >= 0.6 is 37.2 Å². The molecule has 0 amide bonds. The number of fused-ring (bicyclic) bond motifs is 12. The van der Waals surface area contributed by atoms with Gasteiger partial charge in [0.2, 0.25) is 0 Å². The van der Waals surface area contributed by atoms with Crippen molar-refractivity contribution in [1.29, 1.82) is 0 Å². The standard InChI is InChI=1S/2C21H14O.4C2H6.I2/c1-3-7-18-14(5-1)9-11-16-13-17-12-10-15-6-2-4-8-19(15)21(17)22-20(16)18;1-3-7-16-14(5-1)9-11-20-18(16)13-19-17-8-4-2-6-15(17)10-12-21(19)22-20;5*1-2/h2*1-12H,13H2;4*1-2H3;. The van der Waals surface area contributed by atoms with E-state index in [1.807, 2.05) is 55.4 Å². The minimum Gasteiger partial charge on any atom is -0.457 e. The summed E-state index contributed by atoms with van der Waals surface area (Å²) < 4.78 is 12.6. The Morgan fingerprint density at radius 2 is 0.648 bits per heavy atom. The summed E-state index contributed by atoms with van der Waals surface area (Å²) in [6, 6.07) is 51.1. The summed E-state index contributed by atoms with van der Waals surface area (Å²) in [5.41, 5.74) is 5.12. The predicted octanol–water partition coefficient (Wildman–Crippen LogP) is 17.3. The van der Waals surface area contributed by atoms with E-state index in [0.717, 1.165) is 35.8 Å². The molecule has 0 spiro atoms. The fourth-order valence-corrected chi connectivity index (χ4v) is 6.89. The average Bonchev–Trinajstić information content (AvgIpc) is 3.28. The normalized spacial score (nSPS) is 10.9. The van der Waals surface area contributed by atoms with E-state index in [1.165, 1.54) is 65.3 Å². The quantitative estimate of drug-likeness (QED) is 0.141. The van der Waals surface area contributed by atoms with Gasteiger partial charge in [0.1, 0.15) is 23.0 Å². The van der Waals surface area contributed by atoms with Gasteiger partial charge in [-0.05, 0) is 55.6 Å². The predicted molar refractivity (Wildman–Crippen MR) is 255 cm³/mol. The Kier molecular flexibility index (Phi) is 17.1. The van der Waals surface area contributed by atoms with E-state index in [9.17, 15) is 0 Å². The molecule has 0 aromatic heterocycles. The van der Waals surface area contributed by atoms with E-state index >= 15 is 0 Å². The molecule has 54 heavy (non-hydrogen) atoms. The Morgan fingerprint density at radius 3 is 1.04 bits per heavy atom. The third kappa shape index (κ3) is 9.03. The van der Waals surface area contributed by atoms with Crippen molar-refractivity contribution in [3.8, 4) is 23.0 Å². The summed E-state index contributed by atoms with van der Waals surface area (Å²) in [5, 5.41) is 9.96. The van der Waals surface area contributed by atoms with Crippen molar-refractivity contribution in [3.63, 3.8) is 0 Å². The first kappa shape index (κ1) is 42.6. The van der Waals surface area contributed by atoms with Gasteiger partial charge in [-0.3, -0.25) is 0 Å². The maximum Gasteiger partial charge on any atom is 0.138 e. The van der Waals surface area contributed by atoms with Crippen LogP contribution < -0.4 is 9.47 Å². The molecule has 10 rings (SSSR count). The first-order valence-corrected chi connectivity index (χ1v) is 25.6. The third-order valence-electron chi connectivity index (χ3n) is 9.08. The molecule has 2 nitrogen and oxygen atoms in total. The molecule has 8 aromatic rings. The first-order chi connectivity index (χ1) is 26.8. The topological polar surface area (TPSA) is 18.5 Å². The molecule has 0 aliphatic carbocycles. The third-order valence-corrected chi connectivity index (χ3v) is 9.08. The fraction of sp³-hybridized carbons (Fsp3) is 0.200. The van der Waals surface area contributed by atoms with Gasteiger partial charge in [0.05, 0.1) is 0 Å². The Hall–Kier alpha value is -4.14. The van der Waals surface area contributed by atoms with Crippen LogP contribution in [0.1, 0.15) is 77.6 Å². The lowest BCUT2D eigenvalue weighted by atomic mass is 9.92. The highest BCUT2D eigenvalue weighted by Crippen LogP contribution is 2.45. The van der Waals surface area contributed by atoms with E-state index in [1.54, 1.807) is 0 Å². The van der Waals surface area contributed by atoms with Gasteiger partial charge in [0.15, 0.2) is 0 Å². The molecular formula is C50H52I2O2. The lowest BCUT2D eigenvalue weighted by Crippen LogP contribution is -2.04. The van der Waals surface area contributed by atoms with Gasteiger partial charge in [-0.1, -0.05) is 189 Å². The van der Waals surface area contributed by atoms with Gasteiger partial charge >= 0.3 is 0 Å². The lowest BCUT2D eigenvalue weighted by Gasteiger charge is -2.23. The highest BCUT2D eigenvalue weighted by Gasteiger charge is 2.22. The fourth-order valence-electron chi connectivity index (χ4n) is 6.89. The van der Waals surface area contributed by atoms with Crippen LogP contribution in [0, 0.1) is 0 Å². The van der Waals surface area contributed by atoms with E-state index < -0.39 is 0 Å². The maximum atomic E-state index is 6.40. The zero-order valence-electron chi connectivity index (χ0n) is 32.8. The number of hydrogen-bond acceptors (Lipinski definition) is 2. The summed E-state index contributed by atoms with van der Waals surface area (Å²) in [7, 11) is 0. The molecule has 0 N–H and O–H groups in total. The minimum absolute atomic E-state index is 0.924. The number of benzene rings is 8. The van der Waals surface area contributed by atoms with Crippen molar-refractivity contribution in [2.24, 2.45) is 0 Å². The van der Waals surface area contributed by atoms with Gasteiger partial charge in [-0.15, -0.1) is 0 Å². The van der Waals surface area contributed by atoms with Gasteiger partial charge in [0.25, 0.3) is 0 Å². The van der Waals surface area contributed by atoms with Crippen LogP contribution in [0.2, 0.25) is 0 Å². The smallest absolute Gasteiger partial charge is 0.138 e. The van der Waals surface area contributed by atoms with E-state index in [-0.39, 0.29) is 0 Å². The second-order valence-corrected chi connectivity index (χ2v) is 11.6. The Balaban J connectivity index is 0.000000196. The summed E-state index contributed by atoms with van der Waals surface area (Å²) in [4.78, 5) is 0. The molecule has 4 heteroatoms. The number of rotatable bonds is 0. The minimum atomic E-state index is 0.924. The SMILES string of the molecule is CC.CC.CC.CC.II.c1ccc2c3c(ccc2c1)Cc1ccc2ccccc2c1O3.c1ccc2c3c(ccc2c1)Oc1ccc2ccccc2c1C3. The van der Waals surface area contributed by atoms with E-state index in [0.29, 0.717) is 0 Å². The van der Waals surface area contributed by atoms with Crippen molar-refractivity contribution in [2.75, 3.05) is 0 Å². The van der Waals surface area contributed by atoms with Crippen molar-refractivity contribution in [2.45, 2.75) is 68.2 Å². The van der Waals surface area contributed by atoms with Gasteiger partial charge in [-0.2, -0.15) is 0 Å². The molecule has 278 valence electrons. The van der Waals surface area contributed by atoms with Crippen LogP contribution in [0.4, 0.5) is 0 Å². The zero-order chi connectivity index (χ0) is 39.0. The molecule has 0 unspecified atom stereocenters. The van der Waals surface area contributed by atoms with Crippen LogP contribution in [-0.2, 0) is 12.8 Å². The summed E-state index contributed by atoms with van der Waals surface area (Å²) in [6.07, 6.45) is 1.85. The van der Waals surface area contributed by atoms with E-state index in [2.05, 4.69) is 183 Å². The number of halogens is 2. The molecule has 2 aliphatic rings. The van der Waals surface area contributed by atoms with Crippen LogP contribution in [-0.4, -0.2) is 0 Å². The molecule has 0 bridgehead atoms.